The van der Waals surface area contributed by atoms with E-state index >= 15 is 0 Å². The maximum absolute atomic E-state index is 11.9. The Kier molecular flexibility index (Phi) is 6.79. The molecule has 0 aliphatic carbocycles. The Hall–Kier alpha value is -0.110. The minimum absolute atomic E-state index is 0.0456. The predicted molar refractivity (Wildman–Crippen MR) is 75.1 cm³/mol. The summed E-state index contributed by atoms with van der Waals surface area (Å²) in [4.78, 5) is 0. The number of nitrogens with one attached hydrogen (secondary N) is 1. The topological polar surface area (TPSA) is 21.3 Å². The lowest BCUT2D eigenvalue weighted by molar-refractivity contribution is -0.174. The average Bonchev–Trinajstić information content (AvgIpc) is 2.32. The molecule has 1 aromatic carbocycles. The normalized spacial score (nSPS) is 13.6. The van der Waals surface area contributed by atoms with Gasteiger partial charge in [0.2, 0.25) is 0 Å². The number of halogens is 5. The number of ether oxygens (including phenoxy) is 1. The highest BCUT2D eigenvalue weighted by atomic mass is 79.9. The van der Waals surface area contributed by atoms with E-state index in [0.29, 0.717) is 6.42 Å². The van der Waals surface area contributed by atoms with E-state index in [1.807, 2.05) is 18.2 Å². The first-order valence-corrected chi connectivity index (χ1v) is 7.19. The lowest BCUT2D eigenvalue weighted by Crippen LogP contribution is -2.22. The van der Waals surface area contributed by atoms with Crippen LogP contribution in [0.2, 0.25) is 0 Å². The molecule has 1 atom stereocenters. The molecule has 1 aromatic rings. The molecule has 0 aliphatic rings. The molecule has 19 heavy (non-hydrogen) atoms. The van der Waals surface area contributed by atoms with Crippen LogP contribution < -0.4 is 5.32 Å². The molecule has 0 amide bonds. The van der Waals surface area contributed by atoms with Crippen molar-refractivity contribution >= 4 is 31.9 Å². The summed E-state index contributed by atoms with van der Waals surface area (Å²) in [6, 6.07) is 5.63. The van der Waals surface area contributed by atoms with Crippen LogP contribution in [-0.2, 0) is 4.74 Å². The Bertz CT molecular complexity index is 412. The second-order valence-electron chi connectivity index (χ2n) is 3.96. The fourth-order valence-corrected chi connectivity index (χ4v) is 2.53. The molecular weight excluding hydrogens is 391 g/mol. The predicted octanol–water partition coefficient (Wildman–Crippen LogP) is 4.44. The van der Waals surface area contributed by atoms with Gasteiger partial charge in [0.15, 0.2) is 0 Å². The van der Waals surface area contributed by atoms with E-state index in [2.05, 4.69) is 41.9 Å². The van der Waals surface area contributed by atoms with Crippen molar-refractivity contribution in [2.45, 2.75) is 18.6 Å². The Morgan fingerprint density at radius 2 is 2.00 bits per heavy atom. The van der Waals surface area contributed by atoms with Gasteiger partial charge in [-0.15, -0.1) is 0 Å². The number of alkyl halides is 3. The van der Waals surface area contributed by atoms with Crippen LogP contribution in [0.1, 0.15) is 18.0 Å². The highest BCUT2D eigenvalue weighted by molar-refractivity contribution is 9.11. The van der Waals surface area contributed by atoms with Crippen molar-refractivity contribution in [3.05, 3.63) is 32.7 Å². The van der Waals surface area contributed by atoms with Gasteiger partial charge in [-0.2, -0.15) is 13.2 Å². The Morgan fingerprint density at radius 3 is 2.58 bits per heavy atom. The van der Waals surface area contributed by atoms with Crippen LogP contribution in [0.4, 0.5) is 13.2 Å². The Labute approximate surface area is 127 Å². The second kappa shape index (κ2) is 7.61. The smallest absolute Gasteiger partial charge is 0.372 e. The first kappa shape index (κ1) is 16.9. The van der Waals surface area contributed by atoms with E-state index in [4.69, 9.17) is 0 Å². The van der Waals surface area contributed by atoms with Crippen molar-refractivity contribution in [2.75, 3.05) is 20.3 Å². The molecule has 1 rings (SSSR count). The lowest BCUT2D eigenvalue weighted by atomic mass is 10.0. The van der Waals surface area contributed by atoms with Gasteiger partial charge in [0, 0.05) is 21.6 Å². The molecule has 0 bridgehead atoms. The molecule has 0 fully saturated rings. The quantitative estimate of drug-likeness (QED) is 0.707. The maximum Gasteiger partial charge on any atom is 0.411 e. The molecule has 108 valence electrons. The van der Waals surface area contributed by atoms with Gasteiger partial charge in [0.25, 0.3) is 0 Å². The lowest BCUT2D eigenvalue weighted by Gasteiger charge is -2.19. The van der Waals surface area contributed by atoms with Gasteiger partial charge in [0.1, 0.15) is 6.61 Å². The molecule has 7 heteroatoms. The second-order valence-corrected chi connectivity index (χ2v) is 5.73. The van der Waals surface area contributed by atoms with Crippen LogP contribution in [0.3, 0.4) is 0 Å². The zero-order chi connectivity index (χ0) is 14.5. The molecule has 0 saturated carbocycles. The van der Waals surface area contributed by atoms with E-state index in [1.54, 1.807) is 7.05 Å². The third-order valence-electron chi connectivity index (χ3n) is 2.50. The number of rotatable bonds is 6. The van der Waals surface area contributed by atoms with Crippen molar-refractivity contribution in [3.63, 3.8) is 0 Å². The summed E-state index contributed by atoms with van der Waals surface area (Å²) in [7, 11) is 1.77. The molecule has 0 aromatic heterocycles. The van der Waals surface area contributed by atoms with Gasteiger partial charge in [-0.25, -0.2) is 0 Å². The van der Waals surface area contributed by atoms with Crippen molar-refractivity contribution in [2.24, 2.45) is 0 Å². The zero-order valence-corrected chi connectivity index (χ0v) is 13.4. The summed E-state index contributed by atoms with van der Waals surface area (Å²) >= 11 is 6.80. The highest BCUT2D eigenvalue weighted by Crippen LogP contribution is 2.28. The summed E-state index contributed by atoms with van der Waals surface area (Å²) in [5, 5.41) is 3.07. The molecule has 1 N–H and O–H groups in total. The molecular formula is C12H14Br2F3NO. The largest absolute Gasteiger partial charge is 0.411 e. The Morgan fingerprint density at radius 1 is 1.32 bits per heavy atom. The molecule has 2 nitrogen and oxygen atoms in total. The van der Waals surface area contributed by atoms with Crippen LogP contribution in [0.25, 0.3) is 0 Å². The van der Waals surface area contributed by atoms with Gasteiger partial charge in [-0.3, -0.25) is 0 Å². The first-order valence-electron chi connectivity index (χ1n) is 5.60. The summed E-state index contributed by atoms with van der Waals surface area (Å²) < 4.78 is 42.3. The number of hydrogen-bond acceptors (Lipinski definition) is 2. The van der Waals surface area contributed by atoms with Gasteiger partial charge in [-0.05, 0) is 37.2 Å². The minimum atomic E-state index is -4.27. The van der Waals surface area contributed by atoms with Gasteiger partial charge in [0.05, 0.1) is 0 Å². The third-order valence-corrected chi connectivity index (χ3v) is 3.71. The van der Waals surface area contributed by atoms with Gasteiger partial charge >= 0.3 is 6.18 Å². The van der Waals surface area contributed by atoms with Crippen molar-refractivity contribution in [3.8, 4) is 0 Å². The standard InChI is InChI=1S/C12H14Br2F3NO/c1-18-11(4-5-19-7-12(15,16)17)9-6-8(13)2-3-10(9)14/h2-3,6,11,18H,4-5,7H2,1H3. The summed E-state index contributed by atoms with van der Waals surface area (Å²) in [5.74, 6) is 0. The van der Waals surface area contributed by atoms with Crippen LogP contribution in [0.5, 0.6) is 0 Å². The monoisotopic (exact) mass is 403 g/mol. The molecule has 0 heterocycles. The first-order chi connectivity index (χ1) is 8.83. The minimum Gasteiger partial charge on any atom is -0.372 e. The number of benzene rings is 1. The summed E-state index contributed by atoms with van der Waals surface area (Å²) in [6.07, 6.45) is -3.81. The molecule has 1 unspecified atom stereocenters. The van der Waals surface area contributed by atoms with E-state index in [1.165, 1.54) is 0 Å². The average molecular weight is 405 g/mol. The molecule has 0 aliphatic heterocycles. The van der Waals surface area contributed by atoms with E-state index in [0.717, 1.165) is 14.5 Å². The highest BCUT2D eigenvalue weighted by Gasteiger charge is 2.27. The van der Waals surface area contributed by atoms with Crippen LogP contribution in [0.15, 0.2) is 27.1 Å². The van der Waals surface area contributed by atoms with Crippen LogP contribution >= 0.6 is 31.9 Å². The van der Waals surface area contributed by atoms with Crippen molar-refractivity contribution in [1.29, 1.82) is 0 Å². The van der Waals surface area contributed by atoms with E-state index in [9.17, 15) is 13.2 Å². The zero-order valence-electron chi connectivity index (χ0n) is 10.2. The summed E-state index contributed by atoms with van der Waals surface area (Å²) in [6.45, 7) is -1.16. The van der Waals surface area contributed by atoms with Crippen molar-refractivity contribution in [1.82, 2.24) is 5.32 Å². The van der Waals surface area contributed by atoms with Crippen LogP contribution in [-0.4, -0.2) is 26.4 Å². The van der Waals surface area contributed by atoms with E-state index in [-0.39, 0.29) is 12.6 Å². The molecule has 0 spiro atoms. The van der Waals surface area contributed by atoms with Gasteiger partial charge in [-0.1, -0.05) is 31.9 Å². The molecule has 0 radical (unpaired) electrons. The fraction of sp³-hybridized carbons (Fsp3) is 0.500. The molecule has 0 saturated heterocycles. The Balaban J connectivity index is 2.56. The maximum atomic E-state index is 11.9. The van der Waals surface area contributed by atoms with Crippen molar-refractivity contribution < 1.29 is 17.9 Å². The fourth-order valence-electron chi connectivity index (χ4n) is 1.63. The SMILES string of the molecule is CNC(CCOCC(F)(F)F)c1cc(Br)ccc1Br. The number of hydrogen-bond donors (Lipinski definition) is 1. The third kappa shape index (κ3) is 6.25. The summed E-state index contributed by atoms with van der Waals surface area (Å²) in [5.41, 5.74) is 0.979. The van der Waals surface area contributed by atoms with E-state index < -0.39 is 12.8 Å². The van der Waals surface area contributed by atoms with Crippen LogP contribution in [0, 0.1) is 0 Å². The van der Waals surface area contributed by atoms with Gasteiger partial charge < -0.3 is 10.1 Å².